The molecule has 0 spiro atoms. The molecular formula is C23H19NO2. The molecular weight excluding hydrogens is 322 g/mol. The molecule has 0 aliphatic heterocycles. The van der Waals surface area contributed by atoms with Gasteiger partial charge in [0.25, 0.3) is 0 Å². The number of carboxylic acid groups (broad SMARTS) is 1. The fraction of sp³-hybridized carbons (Fsp3) is 0.0870. The van der Waals surface area contributed by atoms with Crippen LogP contribution < -0.4 is 0 Å². The van der Waals surface area contributed by atoms with Gasteiger partial charge in [-0.05, 0) is 46.5 Å². The number of benzene rings is 3. The van der Waals surface area contributed by atoms with Crippen LogP contribution in [0.15, 0.2) is 79.0 Å². The number of rotatable bonds is 4. The molecule has 4 aromatic rings. The van der Waals surface area contributed by atoms with Crippen molar-refractivity contribution >= 4 is 16.7 Å². The Labute approximate surface area is 152 Å². The van der Waals surface area contributed by atoms with Gasteiger partial charge >= 0.3 is 5.97 Å². The quantitative estimate of drug-likeness (QED) is 0.528. The van der Waals surface area contributed by atoms with E-state index >= 15 is 0 Å². The molecule has 128 valence electrons. The Morgan fingerprint density at radius 3 is 2.50 bits per heavy atom. The SMILES string of the molecule is CCc1cccc(-n2cccc2C(=O)O)c1-c1cccc2ccccc12. The number of hydrogen-bond acceptors (Lipinski definition) is 1. The van der Waals surface area contributed by atoms with E-state index in [0.29, 0.717) is 0 Å². The lowest BCUT2D eigenvalue weighted by Crippen LogP contribution is -2.08. The van der Waals surface area contributed by atoms with E-state index in [-0.39, 0.29) is 5.69 Å². The number of aromatic carboxylic acids is 1. The largest absolute Gasteiger partial charge is 0.477 e. The normalized spacial score (nSPS) is 11.0. The van der Waals surface area contributed by atoms with Gasteiger partial charge in [-0.3, -0.25) is 0 Å². The Morgan fingerprint density at radius 2 is 1.69 bits per heavy atom. The summed E-state index contributed by atoms with van der Waals surface area (Å²) in [5, 5.41) is 11.9. The molecule has 1 N–H and O–H groups in total. The maximum Gasteiger partial charge on any atom is 0.352 e. The first-order chi connectivity index (χ1) is 12.7. The van der Waals surface area contributed by atoms with Crippen molar-refractivity contribution in [2.75, 3.05) is 0 Å². The van der Waals surface area contributed by atoms with Gasteiger partial charge in [0.05, 0.1) is 5.69 Å². The monoisotopic (exact) mass is 341 g/mol. The van der Waals surface area contributed by atoms with E-state index in [2.05, 4.69) is 43.3 Å². The highest BCUT2D eigenvalue weighted by Gasteiger charge is 2.17. The molecule has 0 unspecified atom stereocenters. The Balaban J connectivity index is 2.08. The molecule has 0 aliphatic carbocycles. The second-order valence-electron chi connectivity index (χ2n) is 6.26. The van der Waals surface area contributed by atoms with Crippen molar-refractivity contribution in [3.8, 4) is 16.8 Å². The summed E-state index contributed by atoms with van der Waals surface area (Å²) in [5.41, 5.74) is 4.57. The minimum atomic E-state index is -0.930. The minimum absolute atomic E-state index is 0.264. The average Bonchev–Trinajstić information content (AvgIpc) is 3.17. The van der Waals surface area contributed by atoms with Crippen molar-refractivity contribution in [1.29, 1.82) is 0 Å². The molecule has 4 rings (SSSR count). The molecule has 0 bridgehead atoms. The van der Waals surface area contributed by atoms with Gasteiger partial charge < -0.3 is 9.67 Å². The summed E-state index contributed by atoms with van der Waals surface area (Å²) in [6.45, 7) is 2.13. The summed E-state index contributed by atoms with van der Waals surface area (Å²) in [6.07, 6.45) is 2.68. The topological polar surface area (TPSA) is 42.2 Å². The van der Waals surface area contributed by atoms with Gasteiger partial charge in [-0.2, -0.15) is 0 Å². The zero-order chi connectivity index (χ0) is 18.1. The Hall–Kier alpha value is -3.33. The first kappa shape index (κ1) is 16.2. The van der Waals surface area contributed by atoms with Gasteiger partial charge in [-0.15, -0.1) is 0 Å². The Kier molecular flexibility index (Phi) is 4.05. The standard InChI is InChI=1S/C23H19NO2/c1-2-16-9-6-13-20(24-15-7-14-21(24)23(25)26)22(16)19-12-5-10-17-8-3-4-11-18(17)19/h3-15H,2H2,1H3,(H,25,26). The number of fused-ring (bicyclic) bond motifs is 1. The highest BCUT2D eigenvalue weighted by molar-refractivity contribution is 5.99. The van der Waals surface area contributed by atoms with Crippen molar-refractivity contribution in [2.45, 2.75) is 13.3 Å². The smallest absolute Gasteiger partial charge is 0.352 e. The van der Waals surface area contributed by atoms with Crippen LogP contribution in [-0.2, 0) is 6.42 Å². The number of aromatic nitrogens is 1. The molecule has 1 heterocycles. The highest BCUT2D eigenvalue weighted by Crippen LogP contribution is 2.36. The third kappa shape index (κ3) is 2.58. The molecule has 0 radical (unpaired) electrons. The zero-order valence-electron chi connectivity index (χ0n) is 14.5. The third-order valence-corrected chi connectivity index (χ3v) is 4.80. The van der Waals surface area contributed by atoms with Crippen LogP contribution in [0.4, 0.5) is 0 Å². The molecule has 0 amide bonds. The molecule has 3 heteroatoms. The summed E-state index contributed by atoms with van der Waals surface area (Å²) < 4.78 is 1.76. The number of hydrogen-bond donors (Lipinski definition) is 1. The minimum Gasteiger partial charge on any atom is -0.477 e. The van der Waals surface area contributed by atoms with E-state index in [4.69, 9.17) is 0 Å². The van der Waals surface area contributed by atoms with Crippen LogP contribution in [0.25, 0.3) is 27.6 Å². The number of nitrogens with zero attached hydrogens (tertiary/aromatic N) is 1. The van der Waals surface area contributed by atoms with Crippen molar-refractivity contribution in [2.24, 2.45) is 0 Å². The van der Waals surface area contributed by atoms with Crippen LogP contribution in [0.5, 0.6) is 0 Å². The molecule has 1 aromatic heterocycles. The van der Waals surface area contributed by atoms with E-state index in [1.807, 2.05) is 30.5 Å². The molecule has 0 saturated carbocycles. The van der Waals surface area contributed by atoms with E-state index in [9.17, 15) is 9.90 Å². The van der Waals surface area contributed by atoms with Crippen LogP contribution in [0.3, 0.4) is 0 Å². The van der Waals surface area contributed by atoms with Crippen molar-refractivity contribution in [1.82, 2.24) is 4.57 Å². The molecule has 0 fully saturated rings. The maximum absolute atomic E-state index is 11.7. The van der Waals surface area contributed by atoms with Gasteiger partial charge in [0.2, 0.25) is 0 Å². The second kappa shape index (κ2) is 6.52. The average molecular weight is 341 g/mol. The second-order valence-corrected chi connectivity index (χ2v) is 6.26. The lowest BCUT2D eigenvalue weighted by Gasteiger charge is -2.18. The van der Waals surface area contributed by atoms with Gasteiger partial charge in [0, 0.05) is 11.8 Å². The van der Waals surface area contributed by atoms with Gasteiger partial charge in [-0.1, -0.05) is 61.5 Å². The van der Waals surface area contributed by atoms with E-state index in [1.165, 1.54) is 16.3 Å². The van der Waals surface area contributed by atoms with Crippen molar-refractivity contribution in [3.05, 3.63) is 90.3 Å². The molecule has 26 heavy (non-hydrogen) atoms. The van der Waals surface area contributed by atoms with Crippen molar-refractivity contribution in [3.63, 3.8) is 0 Å². The summed E-state index contributed by atoms with van der Waals surface area (Å²) in [4.78, 5) is 11.7. The molecule has 3 aromatic carbocycles. The maximum atomic E-state index is 11.7. The number of carbonyl (C=O) groups is 1. The number of carboxylic acids is 1. The lowest BCUT2D eigenvalue weighted by molar-refractivity contribution is 0.0688. The van der Waals surface area contributed by atoms with Crippen LogP contribution in [-0.4, -0.2) is 15.6 Å². The molecule has 0 aliphatic rings. The Bertz CT molecular complexity index is 1100. The fourth-order valence-electron chi connectivity index (χ4n) is 3.60. The van der Waals surface area contributed by atoms with Crippen molar-refractivity contribution < 1.29 is 9.90 Å². The lowest BCUT2D eigenvalue weighted by atomic mass is 9.92. The number of aryl methyl sites for hydroxylation is 1. The van der Waals surface area contributed by atoms with Gasteiger partial charge in [0.1, 0.15) is 5.69 Å². The van der Waals surface area contributed by atoms with E-state index in [1.54, 1.807) is 16.7 Å². The first-order valence-electron chi connectivity index (χ1n) is 8.71. The van der Waals surface area contributed by atoms with Crippen LogP contribution >= 0.6 is 0 Å². The van der Waals surface area contributed by atoms with Crippen LogP contribution in [0, 0.1) is 0 Å². The van der Waals surface area contributed by atoms with E-state index < -0.39 is 5.97 Å². The Morgan fingerprint density at radius 1 is 0.923 bits per heavy atom. The summed E-state index contributed by atoms with van der Waals surface area (Å²) >= 11 is 0. The predicted molar refractivity (Wildman–Crippen MR) is 105 cm³/mol. The summed E-state index contributed by atoms with van der Waals surface area (Å²) in [5.74, 6) is -0.930. The molecule has 0 atom stereocenters. The first-order valence-corrected chi connectivity index (χ1v) is 8.71. The van der Waals surface area contributed by atoms with Gasteiger partial charge in [0.15, 0.2) is 0 Å². The van der Waals surface area contributed by atoms with Gasteiger partial charge in [-0.25, -0.2) is 4.79 Å². The summed E-state index contributed by atoms with van der Waals surface area (Å²) in [6, 6.07) is 24.1. The highest BCUT2D eigenvalue weighted by atomic mass is 16.4. The molecule has 0 saturated heterocycles. The molecule has 3 nitrogen and oxygen atoms in total. The third-order valence-electron chi connectivity index (χ3n) is 4.80. The predicted octanol–water partition coefficient (Wildman–Crippen LogP) is 5.56. The summed E-state index contributed by atoms with van der Waals surface area (Å²) in [7, 11) is 0. The van der Waals surface area contributed by atoms with E-state index in [0.717, 1.165) is 23.2 Å². The van der Waals surface area contributed by atoms with Crippen LogP contribution in [0.1, 0.15) is 23.0 Å². The fourth-order valence-corrected chi connectivity index (χ4v) is 3.60. The van der Waals surface area contributed by atoms with Crippen LogP contribution in [0.2, 0.25) is 0 Å². The zero-order valence-corrected chi connectivity index (χ0v) is 14.5.